The van der Waals surface area contributed by atoms with Crippen LogP contribution in [0.5, 0.6) is 0 Å². The minimum atomic E-state index is -0.284. The van der Waals surface area contributed by atoms with Crippen LogP contribution in [0.15, 0.2) is 29.1 Å². The monoisotopic (exact) mass is 384 g/mol. The van der Waals surface area contributed by atoms with Crippen molar-refractivity contribution in [3.63, 3.8) is 0 Å². The molecule has 0 N–H and O–H groups in total. The molecule has 0 radical (unpaired) electrons. The van der Waals surface area contributed by atoms with Crippen molar-refractivity contribution in [1.29, 1.82) is 0 Å². The van der Waals surface area contributed by atoms with Gasteiger partial charge in [-0.25, -0.2) is 9.37 Å². The van der Waals surface area contributed by atoms with E-state index in [1.807, 2.05) is 13.0 Å². The smallest absolute Gasteiger partial charge is 0.262 e. The normalized spacial score (nSPS) is 17.3. The van der Waals surface area contributed by atoms with Crippen molar-refractivity contribution in [1.82, 2.24) is 9.55 Å². The molecule has 1 unspecified atom stereocenters. The fourth-order valence-corrected chi connectivity index (χ4v) is 5.44. The Morgan fingerprint density at radius 1 is 1.33 bits per heavy atom. The van der Waals surface area contributed by atoms with Crippen LogP contribution in [-0.2, 0) is 19.4 Å². The van der Waals surface area contributed by atoms with Crippen LogP contribution in [0.25, 0.3) is 10.2 Å². The second kappa shape index (κ2) is 6.55. The van der Waals surface area contributed by atoms with Crippen LogP contribution in [0.4, 0.5) is 4.39 Å². The molecule has 3 aromatic rings. The van der Waals surface area contributed by atoms with E-state index in [9.17, 15) is 9.18 Å². The van der Waals surface area contributed by atoms with Crippen LogP contribution in [-0.4, -0.2) is 9.55 Å². The second-order valence-electron chi connectivity index (χ2n) is 8.67. The number of halogens is 1. The number of nitrogens with zero attached hydrogens (tertiary/aromatic N) is 2. The van der Waals surface area contributed by atoms with E-state index >= 15 is 0 Å². The third-order valence-electron chi connectivity index (χ3n) is 5.81. The predicted octanol–water partition coefficient (Wildman–Crippen LogP) is 5.10. The van der Waals surface area contributed by atoms with Crippen molar-refractivity contribution in [2.24, 2.45) is 11.3 Å². The third kappa shape index (κ3) is 3.33. The lowest BCUT2D eigenvalue weighted by Gasteiger charge is -2.33. The second-order valence-corrected chi connectivity index (χ2v) is 9.75. The zero-order chi connectivity index (χ0) is 19.3. The molecule has 3 nitrogen and oxygen atoms in total. The predicted molar refractivity (Wildman–Crippen MR) is 109 cm³/mol. The molecule has 0 aliphatic heterocycles. The zero-order valence-corrected chi connectivity index (χ0v) is 17.1. The van der Waals surface area contributed by atoms with Gasteiger partial charge in [0.15, 0.2) is 0 Å². The van der Waals surface area contributed by atoms with Gasteiger partial charge in [-0.1, -0.05) is 32.9 Å². The summed E-state index contributed by atoms with van der Waals surface area (Å²) in [7, 11) is 0. The first-order valence-electron chi connectivity index (χ1n) is 9.50. The molecular formula is C22H25FN2OS. The molecule has 0 spiro atoms. The van der Waals surface area contributed by atoms with Gasteiger partial charge in [0.25, 0.3) is 5.56 Å². The molecule has 4 rings (SSSR count). The molecule has 0 bridgehead atoms. The van der Waals surface area contributed by atoms with Crippen LogP contribution in [0.2, 0.25) is 0 Å². The first-order valence-corrected chi connectivity index (χ1v) is 10.3. The van der Waals surface area contributed by atoms with Crippen molar-refractivity contribution in [2.45, 2.75) is 53.5 Å². The highest BCUT2D eigenvalue weighted by Gasteiger charge is 2.32. The van der Waals surface area contributed by atoms with Gasteiger partial charge in [-0.3, -0.25) is 9.36 Å². The Morgan fingerprint density at radius 2 is 2.11 bits per heavy atom. The summed E-state index contributed by atoms with van der Waals surface area (Å²) in [4.78, 5) is 20.2. The Kier molecular flexibility index (Phi) is 4.46. The van der Waals surface area contributed by atoms with Gasteiger partial charge in [0.05, 0.1) is 11.9 Å². The van der Waals surface area contributed by atoms with Gasteiger partial charge >= 0.3 is 0 Å². The van der Waals surface area contributed by atoms with Crippen LogP contribution in [0.1, 0.15) is 49.0 Å². The summed E-state index contributed by atoms with van der Waals surface area (Å²) in [5.41, 5.74) is 2.25. The van der Waals surface area contributed by atoms with Gasteiger partial charge in [0.2, 0.25) is 0 Å². The standard InChI is InChI=1S/C22H25FN2OS/c1-13-24-20-19(17-9-8-15(22(2,3)4)11-18(17)27-20)21(26)25(13)12-14-6-5-7-16(23)10-14/h5-7,10,15H,8-9,11-12H2,1-4H3. The summed E-state index contributed by atoms with van der Waals surface area (Å²) in [5.74, 6) is 1.03. The van der Waals surface area contributed by atoms with E-state index in [-0.39, 0.29) is 16.8 Å². The van der Waals surface area contributed by atoms with Crippen LogP contribution >= 0.6 is 11.3 Å². The van der Waals surface area contributed by atoms with Crippen LogP contribution in [0, 0.1) is 24.1 Å². The topological polar surface area (TPSA) is 34.9 Å². The Balaban J connectivity index is 1.79. The molecular weight excluding hydrogens is 359 g/mol. The molecule has 2 aromatic heterocycles. The molecule has 27 heavy (non-hydrogen) atoms. The number of aromatic nitrogens is 2. The SMILES string of the molecule is Cc1nc2sc3c(c2c(=O)n1Cc1cccc(F)c1)CCC(C(C)(C)C)C3. The zero-order valence-electron chi connectivity index (χ0n) is 16.3. The van der Waals surface area contributed by atoms with E-state index in [2.05, 4.69) is 20.8 Å². The van der Waals surface area contributed by atoms with E-state index in [0.29, 0.717) is 18.3 Å². The lowest BCUT2D eigenvalue weighted by molar-refractivity contribution is 0.218. The summed E-state index contributed by atoms with van der Waals surface area (Å²) >= 11 is 1.68. The highest BCUT2D eigenvalue weighted by atomic mass is 32.1. The van der Waals surface area contributed by atoms with Crippen molar-refractivity contribution in [3.8, 4) is 0 Å². The van der Waals surface area contributed by atoms with E-state index in [1.165, 1.54) is 22.6 Å². The van der Waals surface area contributed by atoms with Gasteiger partial charge < -0.3 is 0 Å². The number of aryl methyl sites for hydroxylation is 2. The molecule has 0 saturated heterocycles. The molecule has 1 atom stereocenters. The number of benzene rings is 1. The van der Waals surface area contributed by atoms with Gasteiger partial charge in [0, 0.05) is 4.88 Å². The van der Waals surface area contributed by atoms with Gasteiger partial charge in [-0.15, -0.1) is 11.3 Å². The number of thiophene rings is 1. The van der Waals surface area contributed by atoms with Crippen LogP contribution < -0.4 is 5.56 Å². The Morgan fingerprint density at radius 3 is 2.81 bits per heavy atom. The van der Waals surface area contributed by atoms with E-state index < -0.39 is 0 Å². The third-order valence-corrected chi connectivity index (χ3v) is 6.96. The maximum atomic E-state index is 13.5. The Labute approximate surface area is 162 Å². The van der Waals surface area contributed by atoms with Crippen molar-refractivity contribution >= 4 is 21.6 Å². The summed E-state index contributed by atoms with van der Waals surface area (Å²) < 4.78 is 15.2. The van der Waals surface area contributed by atoms with Crippen molar-refractivity contribution < 1.29 is 4.39 Å². The fourth-order valence-electron chi connectivity index (χ4n) is 4.10. The molecule has 0 amide bonds. The minimum absolute atomic E-state index is 0.00784. The molecule has 0 saturated carbocycles. The molecule has 142 valence electrons. The summed E-state index contributed by atoms with van der Waals surface area (Å²) in [6, 6.07) is 6.42. The number of hydrogen-bond acceptors (Lipinski definition) is 3. The molecule has 0 fully saturated rings. The quantitative estimate of drug-likeness (QED) is 0.616. The van der Waals surface area contributed by atoms with Crippen LogP contribution in [0.3, 0.4) is 0 Å². The number of hydrogen-bond donors (Lipinski definition) is 0. The maximum absolute atomic E-state index is 13.5. The first-order chi connectivity index (χ1) is 12.7. The molecule has 2 heterocycles. The van der Waals surface area contributed by atoms with E-state index in [1.54, 1.807) is 22.0 Å². The fraction of sp³-hybridized carbons (Fsp3) is 0.455. The average molecular weight is 385 g/mol. The van der Waals surface area contributed by atoms with Gasteiger partial charge in [-0.05, 0) is 60.8 Å². The van der Waals surface area contributed by atoms with E-state index in [4.69, 9.17) is 4.98 Å². The summed E-state index contributed by atoms with van der Waals surface area (Å²) in [5, 5.41) is 0.782. The lowest BCUT2D eigenvalue weighted by atomic mass is 9.72. The van der Waals surface area contributed by atoms with Gasteiger partial charge in [-0.2, -0.15) is 0 Å². The minimum Gasteiger partial charge on any atom is -0.292 e. The molecule has 1 aromatic carbocycles. The summed E-state index contributed by atoms with van der Waals surface area (Å²) in [6.07, 6.45) is 3.08. The molecule has 1 aliphatic carbocycles. The lowest BCUT2D eigenvalue weighted by Crippen LogP contribution is -2.27. The van der Waals surface area contributed by atoms with E-state index in [0.717, 1.165) is 35.0 Å². The number of rotatable bonds is 2. The Hall–Kier alpha value is -2.01. The maximum Gasteiger partial charge on any atom is 0.262 e. The largest absolute Gasteiger partial charge is 0.292 e. The highest BCUT2D eigenvalue weighted by molar-refractivity contribution is 7.18. The number of fused-ring (bicyclic) bond motifs is 3. The van der Waals surface area contributed by atoms with Gasteiger partial charge in [0.1, 0.15) is 16.5 Å². The van der Waals surface area contributed by atoms with Crippen molar-refractivity contribution in [2.75, 3.05) is 0 Å². The first kappa shape index (κ1) is 18.4. The van der Waals surface area contributed by atoms with Crippen molar-refractivity contribution in [3.05, 3.63) is 62.3 Å². The summed E-state index contributed by atoms with van der Waals surface area (Å²) in [6.45, 7) is 9.09. The molecule has 5 heteroatoms. The Bertz CT molecular complexity index is 1070. The molecule has 1 aliphatic rings. The highest BCUT2D eigenvalue weighted by Crippen LogP contribution is 2.42. The average Bonchev–Trinajstić information content (AvgIpc) is 2.95.